The average Bonchev–Trinajstić information content (AvgIpc) is 2.38. The maximum atomic E-state index is 12.1. The van der Waals surface area contributed by atoms with E-state index in [1.165, 1.54) is 12.1 Å². The summed E-state index contributed by atoms with van der Waals surface area (Å²) < 4.78 is 26.9. The Balaban J connectivity index is 2.95. The van der Waals surface area contributed by atoms with Crippen LogP contribution in [0.15, 0.2) is 29.2 Å². The van der Waals surface area contributed by atoms with Crippen molar-refractivity contribution in [1.82, 2.24) is 4.72 Å². The van der Waals surface area contributed by atoms with Gasteiger partial charge in [-0.25, -0.2) is 13.1 Å². The Morgan fingerprint density at radius 3 is 2.67 bits per heavy atom. The van der Waals surface area contributed by atoms with Gasteiger partial charge < -0.3 is 0 Å². The molecule has 98 valence electrons. The van der Waals surface area contributed by atoms with Crippen LogP contribution in [0.2, 0.25) is 0 Å². The normalized spacial score (nSPS) is 12.9. The van der Waals surface area contributed by atoms with Gasteiger partial charge in [0.15, 0.2) is 0 Å². The minimum Gasteiger partial charge on any atom is -0.208 e. The summed E-state index contributed by atoms with van der Waals surface area (Å²) >= 11 is 0. The molecule has 0 saturated heterocycles. The molecule has 0 radical (unpaired) electrons. The van der Waals surface area contributed by atoms with Crippen LogP contribution in [-0.4, -0.2) is 14.5 Å². The first-order valence-corrected chi connectivity index (χ1v) is 7.54. The lowest BCUT2D eigenvalue weighted by atomic mass is 10.1. The quantitative estimate of drug-likeness (QED) is 0.859. The molecule has 4 nitrogen and oxygen atoms in total. The molecule has 1 unspecified atom stereocenters. The summed E-state index contributed by atoms with van der Waals surface area (Å²) in [7, 11) is -3.53. The van der Waals surface area contributed by atoms with E-state index in [4.69, 9.17) is 5.26 Å². The van der Waals surface area contributed by atoms with Crippen LogP contribution in [0.3, 0.4) is 0 Å². The third-order valence-electron chi connectivity index (χ3n) is 2.73. The van der Waals surface area contributed by atoms with E-state index in [0.717, 1.165) is 19.3 Å². The van der Waals surface area contributed by atoms with E-state index in [9.17, 15) is 8.42 Å². The van der Waals surface area contributed by atoms with Crippen LogP contribution in [0.1, 0.15) is 38.7 Å². The molecule has 1 N–H and O–H groups in total. The van der Waals surface area contributed by atoms with Crippen molar-refractivity contribution in [2.24, 2.45) is 0 Å². The van der Waals surface area contributed by atoms with E-state index in [1.807, 2.05) is 19.9 Å². The molecule has 0 aromatic heterocycles. The van der Waals surface area contributed by atoms with Gasteiger partial charge in [-0.3, -0.25) is 0 Å². The molecular formula is C13H18N2O2S. The van der Waals surface area contributed by atoms with Crippen LogP contribution >= 0.6 is 0 Å². The minimum absolute atomic E-state index is 0.0502. The molecule has 0 aliphatic carbocycles. The second-order valence-corrected chi connectivity index (χ2v) is 5.87. The lowest BCUT2D eigenvalue weighted by molar-refractivity contribution is 0.512. The Morgan fingerprint density at radius 1 is 1.39 bits per heavy atom. The van der Waals surface area contributed by atoms with Crippen molar-refractivity contribution in [3.63, 3.8) is 0 Å². The Kier molecular flexibility index (Phi) is 5.32. The van der Waals surface area contributed by atoms with Crippen molar-refractivity contribution in [2.75, 3.05) is 0 Å². The maximum absolute atomic E-state index is 12.1. The number of nitrogens with one attached hydrogen (secondary N) is 1. The molecule has 18 heavy (non-hydrogen) atoms. The largest absolute Gasteiger partial charge is 0.240 e. The van der Waals surface area contributed by atoms with Crippen LogP contribution in [0.4, 0.5) is 0 Å². The van der Waals surface area contributed by atoms with E-state index in [0.29, 0.717) is 5.56 Å². The van der Waals surface area contributed by atoms with E-state index in [-0.39, 0.29) is 10.9 Å². The number of hydrogen-bond donors (Lipinski definition) is 1. The average molecular weight is 266 g/mol. The fourth-order valence-electron chi connectivity index (χ4n) is 1.72. The van der Waals surface area contributed by atoms with Crippen molar-refractivity contribution < 1.29 is 8.42 Å². The fourth-order valence-corrected chi connectivity index (χ4v) is 3.11. The Labute approximate surface area is 109 Å². The first-order valence-electron chi connectivity index (χ1n) is 6.06. The van der Waals surface area contributed by atoms with Crippen molar-refractivity contribution in [1.29, 1.82) is 5.26 Å². The van der Waals surface area contributed by atoms with Crippen LogP contribution < -0.4 is 4.72 Å². The van der Waals surface area contributed by atoms with Gasteiger partial charge in [-0.2, -0.15) is 5.26 Å². The molecule has 1 rings (SSSR count). The van der Waals surface area contributed by atoms with Gasteiger partial charge in [0.05, 0.1) is 16.5 Å². The molecule has 0 fully saturated rings. The van der Waals surface area contributed by atoms with Crippen molar-refractivity contribution >= 4 is 10.0 Å². The first kappa shape index (κ1) is 14.7. The molecule has 5 heteroatoms. The monoisotopic (exact) mass is 266 g/mol. The first-order chi connectivity index (χ1) is 8.53. The molecule has 0 heterocycles. The van der Waals surface area contributed by atoms with E-state index in [1.54, 1.807) is 12.1 Å². The summed E-state index contributed by atoms with van der Waals surface area (Å²) in [6.07, 6.45) is 2.50. The maximum Gasteiger partial charge on any atom is 0.240 e. The topological polar surface area (TPSA) is 70.0 Å². The highest BCUT2D eigenvalue weighted by Gasteiger charge is 2.18. The minimum atomic E-state index is -3.53. The second-order valence-electron chi connectivity index (χ2n) is 4.15. The van der Waals surface area contributed by atoms with Gasteiger partial charge in [0.2, 0.25) is 10.0 Å². The smallest absolute Gasteiger partial charge is 0.208 e. The molecule has 0 aliphatic rings. The Bertz CT molecular complexity index is 532. The summed E-state index contributed by atoms with van der Waals surface area (Å²) in [4.78, 5) is 0.149. The Hall–Kier alpha value is -1.38. The van der Waals surface area contributed by atoms with Crippen LogP contribution in [0, 0.1) is 11.3 Å². The molecule has 1 aromatic rings. The van der Waals surface area contributed by atoms with E-state index >= 15 is 0 Å². The third kappa shape index (κ3) is 3.83. The summed E-state index contributed by atoms with van der Waals surface area (Å²) in [6.45, 7) is 3.97. The standard InChI is InChI=1S/C13H18N2O2S/c1-3-6-12(4-2)15-18(16,17)13-8-5-7-11(9-13)10-14/h5,7-9,12,15H,3-4,6H2,1-2H3. The highest BCUT2D eigenvalue weighted by Crippen LogP contribution is 2.13. The molecule has 0 amide bonds. The summed E-state index contributed by atoms with van der Waals surface area (Å²) in [5.41, 5.74) is 0.349. The van der Waals surface area contributed by atoms with Gasteiger partial charge in [0.25, 0.3) is 0 Å². The molecule has 0 aliphatic heterocycles. The van der Waals surface area contributed by atoms with Gasteiger partial charge in [-0.05, 0) is 31.0 Å². The zero-order chi connectivity index (χ0) is 13.6. The lowest BCUT2D eigenvalue weighted by Crippen LogP contribution is -2.34. The number of benzene rings is 1. The van der Waals surface area contributed by atoms with Crippen molar-refractivity contribution in [3.05, 3.63) is 29.8 Å². The van der Waals surface area contributed by atoms with Crippen LogP contribution in [-0.2, 0) is 10.0 Å². The molecule has 1 atom stereocenters. The van der Waals surface area contributed by atoms with Crippen LogP contribution in [0.5, 0.6) is 0 Å². The predicted molar refractivity (Wildman–Crippen MR) is 70.5 cm³/mol. The Morgan fingerprint density at radius 2 is 2.11 bits per heavy atom. The lowest BCUT2D eigenvalue weighted by Gasteiger charge is -2.16. The third-order valence-corrected chi connectivity index (χ3v) is 4.24. The van der Waals surface area contributed by atoms with Gasteiger partial charge >= 0.3 is 0 Å². The van der Waals surface area contributed by atoms with Crippen LogP contribution in [0.25, 0.3) is 0 Å². The highest BCUT2D eigenvalue weighted by atomic mass is 32.2. The number of nitriles is 1. The highest BCUT2D eigenvalue weighted by molar-refractivity contribution is 7.89. The van der Waals surface area contributed by atoms with Gasteiger partial charge in [0, 0.05) is 6.04 Å². The number of rotatable bonds is 6. The molecular weight excluding hydrogens is 248 g/mol. The van der Waals surface area contributed by atoms with Gasteiger partial charge in [-0.1, -0.05) is 26.3 Å². The molecule has 0 saturated carbocycles. The molecule has 0 bridgehead atoms. The number of nitrogens with zero attached hydrogens (tertiary/aromatic N) is 1. The van der Waals surface area contributed by atoms with E-state index < -0.39 is 10.0 Å². The number of hydrogen-bond acceptors (Lipinski definition) is 3. The van der Waals surface area contributed by atoms with E-state index in [2.05, 4.69) is 4.72 Å². The van der Waals surface area contributed by atoms with Crippen molar-refractivity contribution in [3.8, 4) is 6.07 Å². The number of sulfonamides is 1. The molecule has 0 spiro atoms. The fraction of sp³-hybridized carbons (Fsp3) is 0.462. The summed E-state index contributed by atoms with van der Waals surface area (Å²) in [5, 5.41) is 8.77. The van der Waals surface area contributed by atoms with Gasteiger partial charge in [0.1, 0.15) is 0 Å². The molecule has 1 aromatic carbocycles. The zero-order valence-electron chi connectivity index (χ0n) is 10.7. The van der Waals surface area contributed by atoms with Gasteiger partial charge in [-0.15, -0.1) is 0 Å². The van der Waals surface area contributed by atoms with Crippen molar-refractivity contribution in [2.45, 2.75) is 44.0 Å². The summed E-state index contributed by atoms with van der Waals surface area (Å²) in [6, 6.07) is 7.94. The zero-order valence-corrected chi connectivity index (χ0v) is 11.5. The summed E-state index contributed by atoms with van der Waals surface area (Å²) in [5.74, 6) is 0. The predicted octanol–water partition coefficient (Wildman–Crippen LogP) is 2.42. The second kappa shape index (κ2) is 6.53. The SMILES string of the molecule is CCCC(CC)NS(=O)(=O)c1cccc(C#N)c1.